The molecule has 0 amide bonds. The molecular formula is C17H18N2O2S2. The van der Waals surface area contributed by atoms with E-state index >= 15 is 0 Å². The first-order valence-electron chi connectivity index (χ1n) is 7.46. The lowest BCUT2D eigenvalue weighted by atomic mass is 10.0. The summed E-state index contributed by atoms with van der Waals surface area (Å²) in [5.41, 5.74) is 3.18. The Balaban J connectivity index is 1.84. The molecule has 3 rings (SSSR count). The number of hydrogen-bond donors (Lipinski definition) is 1. The van der Waals surface area contributed by atoms with Gasteiger partial charge in [-0.05, 0) is 55.7 Å². The molecule has 1 aliphatic heterocycles. The second kappa shape index (κ2) is 6.29. The Morgan fingerprint density at radius 1 is 1.13 bits per heavy atom. The van der Waals surface area contributed by atoms with Gasteiger partial charge in [0.25, 0.3) is 10.0 Å². The summed E-state index contributed by atoms with van der Waals surface area (Å²) in [7, 11) is -3.66. The van der Waals surface area contributed by atoms with Crippen molar-refractivity contribution in [2.45, 2.75) is 24.7 Å². The van der Waals surface area contributed by atoms with Crippen LogP contribution in [0.3, 0.4) is 0 Å². The summed E-state index contributed by atoms with van der Waals surface area (Å²) in [5, 5.41) is 0.220. The number of benzene rings is 2. The highest BCUT2D eigenvalue weighted by Gasteiger charge is 2.23. The van der Waals surface area contributed by atoms with Crippen LogP contribution in [0.1, 0.15) is 17.5 Å². The highest BCUT2D eigenvalue weighted by atomic mass is 32.2. The third-order valence-electron chi connectivity index (χ3n) is 3.91. The summed E-state index contributed by atoms with van der Waals surface area (Å²) in [6, 6.07) is 14.7. The number of aryl methyl sites for hydroxylation is 2. The Morgan fingerprint density at radius 2 is 1.83 bits per heavy atom. The first-order chi connectivity index (χ1) is 11.0. The second-order valence-corrected chi connectivity index (χ2v) is 7.68. The van der Waals surface area contributed by atoms with Crippen LogP contribution in [0.4, 0.5) is 5.69 Å². The quantitative estimate of drug-likeness (QED) is 0.849. The molecule has 23 heavy (non-hydrogen) atoms. The van der Waals surface area contributed by atoms with Crippen LogP contribution in [0.15, 0.2) is 53.4 Å². The van der Waals surface area contributed by atoms with Crippen molar-refractivity contribution in [1.29, 1.82) is 0 Å². The Bertz CT molecular complexity index is 830. The topological polar surface area (TPSA) is 49.4 Å². The fourth-order valence-corrected chi connectivity index (χ4v) is 4.16. The maximum Gasteiger partial charge on any atom is 0.263 e. The van der Waals surface area contributed by atoms with Crippen LogP contribution >= 0.6 is 12.2 Å². The van der Waals surface area contributed by atoms with E-state index in [1.807, 2.05) is 30.0 Å². The number of nitrogens with zero attached hydrogens (tertiary/aromatic N) is 1. The molecule has 2 aromatic carbocycles. The van der Waals surface area contributed by atoms with E-state index in [-0.39, 0.29) is 10.0 Å². The molecule has 0 atom stereocenters. The van der Waals surface area contributed by atoms with E-state index in [4.69, 9.17) is 12.2 Å². The average Bonchev–Trinajstić information content (AvgIpc) is 2.54. The van der Waals surface area contributed by atoms with Crippen LogP contribution in [-0.2, 0) is 16.4 Å². The Hall–Kier alpha value is -1.92. The SMILES string of the molecule is Cc1ccc(S(=O)(=O)NC(=S)N2CCCc3ccccc32)cc1. The van der Waals surface area contributed by atoms with Gasteiger partial charge in [0.15, 0.2) is 5.11 Å². The van der Waals surface area contributed by atoms with Gasteiger partial charge in [0, 0.05) is 12.2 Å². The summed E-state index contributed by atoms with van der Waals surface area (Å²) in [6.45, 7) is 2.63. The maximum atomic E-state index is 12.5. The fraction of sp³-hybridized carbons (Fsp3) is 0.235. The largest absolute Gasteiger partial charge is 0.318 e. The maximum absolute atomic E-state index is 12.5. The monoisotopic (exact) mass is 346 g/mol. The van der Waals surface area contributed by atoms with Crippen molar-refractivity contribution in [2.75, 3.05) is 11.4 Å². The van der Waals surface area contributed by atoms with Gasteiger partial charge in [-0.1, -0.05) is 35.9 Å². The Morgan fingerprint density at radius 3 is 2.57 bits per heavy atom. The normalized spacial score (nSPS) is 14.2. The number of para-hydroxylation sites is 1. The molecule has 1 aliphatic rings. The number of fused-ring (bicyclic) bond motifs is 1. The van der Waals surface area contributed by atoms with E-state index in [1.54, 1.807) is 24.3 Å². The van der Waals surface area contributed by atoms with Gasteiger partial charge < -0.3 is 4.90 Å². The van der Waals surface area contributed by atoms with E-state index in [2.05, 4.69) is 10.8 Å². The third kappa shape index (κ3) is 3.38. The zero-order valence-corrected chi connectivity index (χ0v) is 14.5. The number of nitrogens with one attached hydrogen (secondary N) is 1. The van der Waals surface area contributed by atoms with Crippen molar-refractivity contribution >= 4 is 33.0 Å². The van der Waals surface area contributed by atoms with Gasteiger partial charge in [0.2, 0.25) is 0 Å². The van der Waals surface area contributed by atoms with Gasteiger partial charge >= 0.3 is 0 Å². The van der Waals surface area contributed by atoms with Gasteiger partial charge in [-0.25, -0.2) is 8.42 Å². The van der Waals surface area contributed by atoms with Crippen molar-refractivity contribution in [3.05, 3.63) is 59.7 Å². The second-order valence-electron chi connectivity index (χ2n) is 5.61. The molecule has 6 heteroatoms. The molecule has 0 aliphatic carbocycles. The molecule has 1 N–H and O–H groups in total. The molecule has 4 nitrogen and oxygen atoms in total. The highest BCUT2D eigenvalue weighted by Crippen LogP contribution is 2.27. The first kappa shape index (κ1) is 16.0. The molecule has 2 aromatic rings. The standard InChI is InChI=1S/C17H18N2O2S2/c1-13-8-10-15(11-9-13)23(20,21)18-17(22)19-12-4-6-14-5-2-3-7-16(14)19/h2-3,5,7-11H,4,6,12H2,1H3,(H,18,22). The highest BCUT2D eigenvalue weighted by molar-refractivity contribution is 7.92. The van der Waals surface area contributed by atoms with E-state index in [0.717, 1.165) is 24.1 Å². The third-order valence-corrected chi connectivity index (χ3v) is 5.71. The molecule has 0 saturated carbocycles. The van der Waals surface area contributed by atoms with Crippen LogP contribution in [-0.4, -0.2) is 20.1 Å². The molecule has 0 aromatic heterocycles. The molecule has 0 radical (unpaired) electrons. The summed E-state index contributed by atoms with van der Waals surface area (Å²) >= 11 is 5.36. The smallest absolute Gasteiger partial charge is 0.263 e. The lowest BCUT2D eigenvalue weighted by Gasteiger charge is -2.31. The van der Waals surface area contributed by atoms with Crippen molar-refractivity contribution in [3.63, 3.8) is 0 Å². The minimum atomic E-state index is -3.66. The Labute approximate surface area is 142 Å². The average molecular weight is 346 g/mol. The molecule has 0 unspecified atom stereocenters. The molecule has 0 saturated heterocycles. The summed E-state index contributed by atoms with van der Waals surface area (Å²) in [4.78, 5) is 2.08. The van der Waals surface area contributed by atoms with Gasteiger partial charge in [0.1, 0.15) is 0 Å². The number of hydrogen-bond acceptors (Lipinski definition) is 3. The summed E-state index contributed by atoms with van der Waals surface area (Å²) in [6.07, 6.45) is 1.93. The summed E-state index contributed by atoms with van der Waals surface area (Å²) < 4.78 is 27.5. The van der Waals surface area contributed by atoms with Crippen LogP contribution in [0.25, 0.3) is 0 Å². The van der Waals surface area contributed by atoms with Crippen molar-refractivity contribution in [1.82, 2.24) is 4.72 Å². The molecular weight excluding hydrogens is 328 g/mol. The fourth-order valence-electron chi connectivity index (χ4n) is 2.69. The molecule has 120 valence electrons. The first-order valence-corrected chi connectivity index (χ1v) is 9.35. The van der Waals surface area contributed by atoms with E-state index in [0.29, 0.717) is 6.54 Å². The molecule has 0 spiro atoms. The minimum absolute atomic E-state index is 0.218. The van der Waals surface area contributed by atoms with Crippen LogP contribution in [0.5, 0.6) is 0 Å². The zero-order chi connectivity index (χ0) is 16.4. The number of thiocarbonyl (C=S) groups is 1. The van der Waals surface area contributed by atoms with Gasteiger partial charge in [-0.3, -0.25) is 4.72 Å². The van der Waals surface area contributed by atoms with E-state index in [9.17, 15) is 8.42 Å². The Kier molecular flexibility index (Phi) is 4.37. The van der Waals surface area contributed by atoms with Crippen molar-refractivity contribution < 1.29 is 8.42 Å². The van der Waals surface area contributed by atoms with E-state index < -0.39 is 10.0 Å². The van der Waals surface area contributed by atoms with Gasteiger partial charge in [-0.15, -0.1) is 0 Å². The molecule has 1 heterocycles. The minimum Gasteiger partial charge on any atom is -0.318 e. The van der Waals surface area contributed by atoms with Gasteiger partial charge in [0.05, 0.1) is 4.90 Å². The van der Waals surface area contributed by atoms with Crippen LogP contribution in [0.2, 0.25) is 0 Å². The zero-order valence-electron chi connectivity index (χ0n) is 12.8. The number of anilines is 1. The van der Waals surface area contributed by atoms with E-state index in [1.165, 1.54) is 5.56 Å². The van der Waals surface area contributed by atoms with Crippen LogP contribution in [0, 0.1) is 6.92 Å². The van der Waals surface area contributed by atoms with Crippen molar-refractivity contribution in [3.8, 4) is 0 Å². The lowest BCUT2D eigenvalue weighted by Crippen LogP contribution is -2.44. The van der Waals surface area contributed by atoms with Crippen molar-refractivity contribution in [2.24, 2.45) is 0 Å². The van der Waals surface area contributed by atoms with Crippen LogP contribution < -0.4 is 9.62 Å². The predicted octanol–water partition coefficient (Wildman–Crippen LogP) is 3.01. The number of rotatable bonds is 2. The molecule has 0 fully saturated rings. The summed E-state index contributed by atoms with van der Waals surface area (Å²) in [5.74, 6) is 0. The molecule has 0 bridgehead atoms. The number of sulfonamides is 1. The lowest BCUT2D eigenvalue weighted by molar-refractivity contribution is 0.592. The predicted molar refractivity (Wildman–Crippen MR) is 96.2 cm³/mol. The van der Waals surface area contributed by atoms with Gasteiger partial charge in [-0.2, -0.15) is 0 Å².